The number of pyridine rings is 1. The summed E-state index contributed by atoms with van der Waals surface area (Å²) in [4.78, 5) is 30.0. The van der Waals surface area contributed by atoms with Crippen LogP contribution >= 0.6 is 0 Å². The fraction of sp³-hybridized carbons (Fsp3) is 0.467. The molecular formula is C30H37N7O. The third kappa shape index (κ3) is 4.73. The monoisotopic (exact) mass is 511 g/mol. The molecule has 2 aliphatic rings. The van der Waals surface area contributed by atoms with Crippen LogP contribution in [0.25, 0.3) is 16.7 Å². The Labute approximate surface area is 223 Å². The largest absolute Gasteiger partial charge is 0.324 e. The second-order valence-corrected chi connectivity index (χ2v) is 12.2. The van der Waals surface area contributed by atoms with Crippen LogP contribution in [0.4, 0.5) is 11.6 Å². The van der Waals surface area contributed by atoms with Crippen molar-refractivity contribution in [3.8, 4) is 5.69 Å². The molecule has 1 aliphatic heterocycles. The quantitative estimate of drug-likeness (QED) is 0.375. The maximum atomic E-state index is 13.4. The van der Waals surface area contributed by atoms with Crippen molar-refractivity contribution in [2.75, 3.05) is 18.4 Å². The molecule has 1 saturated carbocycles. The number of fused-ring (bicyclic) bond motifs is 2. The van der Waals surface area contributed by atoms with Crippen molar-refractivity contribution >= 4 is 22.7 Å². The van der Waals surface area contributed by atoms with E-state index in [-0.39, 0.29) is 17.0 Å². The van der Waals surface area contributed by atoms with Gasteiger partial charge in [-0.05, 0) is 74.4 Å². The van der Waals surface area contributed by atoms with Gasteiger partial charge < -0.3 is 5.32 Å². The van der Waals surface area contributed by atoms with Crippen molar-refractivity contribution in [1.82, 2.24) is 29.2 Å². The Balaban J connectivity index is 1.37. The van der Waals surface area contributed by atoms with Crippen molar-refractivity contribution in [3.05, 3.63) is 69.9 Å². The molecule has 1 aromatic carbocycles. The first kappa shape index (κ1) is 24.8. The minimum atomic E-state index is -0.121. The van der Waals surface area contributed by atoms with Gasteiger partial charge in [0.05, 0.1) is 5.69 Å². The standard InChI is InChI=1S/C30H37N7O/c1-19(2)36-28(38)25-16-32-29(34-27(25)37(36)24-10-12-31-26(15-24)30(3,4)5)33-23-9-8-21-11-13-35(17-20-6-7-20)18-22(21)14-23/h8-10,12,14-16,19-20H,6-7,11,13,17-18H2,1-5H3,(H,32,33,34). The Kier molecular flexibility index (Phi) is 6.10. The second kappa shape index (κ2) is 9.34. The van der Waals surface area contributed by atoms with Gasteiger partial charge in [-0.15, -0.1) is 0 Å². The zero-order valence-corrected chi connectivity index (χ0v) is 23.0. The lowest BCUT2D eigenvalue weighted by molar-refractivity contribution is 0.244. The molecule has 38 heavy (non-hydrogen) atoms. The molecule has 3 aromatic heterocycles. The van der Waals surface area contributed by atoms with Gasteiger partial charge in [0.1, 0.15) is 5.39 Å². The molecule has 0 unspecified atom stereocenters. The molecule has 0 spiro atoms. The third-order valence-corrected chi connectivity index (χ3v) is 7.64. The van der Waals surface area contributed by atoms with Gasteiger partial charge in [-0.25, -0.2) is 14.3 Å². The number of anilines is 2. The molecule has 8 heteroatoms. The van der Waals surface area contributed by atoms with E-state index in [0.717, 1.165) is 42.5 Å². The molecule has 1 N–H and O–H groups in total. The summed E-state index contributed by atoms with van der Waals surface area (Å²) in [7, 11) is 0. The van der Waals surface area contributed by atoms with Gasteiger partial charge in [0, 0.05) is 54.9 Å². The zero-order chi connectivity index (χ0) is 26.6. The average Bonchev–Trinajstić information content (AvgIpc) is 3.64. The second-order valence-electron chi connectivity index (χ2n) is 12.2. The predicted molar refractivity (Wildman–Crippen MR) is 151 cm³/mol. The molecule has 1 aliphatic carbocycles. The van der Waals surface area contributed by atoms with Crippen LogP contribution in [0.3, 0.4) is 0 Å². The minimum absolute atomic E-state index is 0.0569. The molecule has 0 atom stereocenters. The van der Waals surface area contributed by atoms with E-state index in [1.165, 1.54) is 30.5 Å². The molecule has 8 nitrogen and oxygen atoms in total. The highest BCUT2D eigenvalue weighted by Crippen LogP contribution is 2.32. The van der Waals surface area contributed by atoms with Crippen LogP contribution in [0.2, 0.25) is 0 Å². The maximum absolute atomic E-state index is 13.4. The van der Waals surface area contributed by atoms with Gasteiger partial charge in [0.15, 0.2) is 5.65 Å². The summed E-state index contributed by atoms with van der Waals surface area (Å²) in [5.41, 5.74) is 5.95. The number of nitrogens with zero attached hydrogens (tertiary/aromatic N) is 6. The first-order valence-corrected chi connectivity index (χ1v) is 13.8. The minimum Gasteiger partial charge on any atom is -0.324 e. The Bertz CT molecular complexity index is 1560. The summed E-state index contributed by atoms with van der Waals surface area (Å²) in [6.45, 7) is 13.8. The number of benzene rings is 1. The first-order chi connectivity index (χ1) is 18.2. The van der Waals surface area contributed by atoms with Crippen molar-refractivity contribution in [3.63, 3.8) is 0 Å². The normalized spacial score (nSPS) is 16.3. The summed E-state index contributed by atoms with van der Waals surface area (Å²) >= 11 is 0. The van der Waals surface area contributed by atoms with Gasteiger partial charge in [0.2, 0.25) is 5.95 Å². The average molecular weight is 512 g/mol. The maximum Gasteiger partial charge on any atom is 0.278 e. The van der Waals surface area contributed by atoms with Gasteiger partial charge in [-0.1, -0.05) is 26.8 Å². The highest BCUT2D eigenvalue weighted by Gasteiger charge is 2.26. The molecule has 0 saturated heterocycles. The fourth-order valence-corrected chi connectivity index (χ4v) is 5.38. The molecular weight excluding hydrogens is 474 g/mol. The molecule has 0 amide bonds. The number of hydrogen-bond acceptors (Lipinski definition) is 6. The third-order valence-electron chi connectivity index (χ3n) is 7.64. The van der Waals surface area contributed by atoms with Crippen molar-refractivity contribution in [2.24, 2.45) is 5.92 Å². The summed E-state index contributed by atoms with van der Waals surface area (Å²) in [6.07, 6.45) is 7.31. The van der Waals surface area contributed by atoms with Crippen molar-refractivity contribution < 1.29 is 0 Å². The van der Waals surface area contributed by atoms with Gasteiger partial charge in [-0.2, -0.15) is 4.98 Å². The summed E-state index contributed by atoms with van der Waals surface area (Å²) in [5, 5.41) is 3.91. The van der Waals surface area contributed by atoms with E-state index in [4.69, 9.17) is 4.98 Å². The summed E-state index contributed by atoms with van der Waals surface area (Å²) in [6, 6.07) is 10.5. The lowest BCUT2D eigenvalue weighted by atomic mass is 9.91. The van der Waals surface area contributed by atoms with Crippen molar-refractivity contribution in [1.29, 1.82) is 0 Å². The number of nitrogens with one attached hydrogen (secondary N) is 1. The molecule has 6 rings (SSSR count). The smallest absolute Gasteiger partial charge is 0.278 e. The van der Waals surface area contributed by atoms with Gasteiger partial charge >= 0.3 is 0 Å². The first-order valence-electron chi connectivity index (χ1n) is 13.8. The fourth-order valence-electron chi connectivity index (χ4n) is 5.38. The molecule has 198 valence electrons. The number of hydrogen-bond donors (Lipinski definition) is 1. The van der Waals surface area contributed by atoms with E-state index >= 15 is 0 Å². The van der Waals surface area contributed by atoms with E-state index in [2.05, 4.69) is 59.2 Å². The Morgan fingerprint density at radius 3 is 2.63 bits per heavy atom. The Hall–Kier alpha value is -3.52. The molecule has 0 bridgehead atoms. The van der Waals surface area contributed by atoms with E-state index in [1.807, 2.05) is 30.7 Å². The SMILES string of the molecule is CC(C)n1c(=O)c2cnc(Nc3ccc4c(c3)CN(CC3CC3)CC4)nc2n1-c1ccnc(C(C)(C)C)c1. The Morgan fingerprint density at radius 1 is 1.08 bits per heavy atom. The van der Waals surface area contributed by atoms with E-state index in [9.17, 15) is 4.79 Å². The molecule has 1 fully saturated rings. The lowest BCUT2D eigenvalue weighted by Gasteiger charge is -2.29. The number of aromatic nitrogens is 5. The van der Waals surface area contributed by atoms with Crippen LogP contribution in [-0.4, -0.2) is 42.3 Å². The van der Waals surface area contributed by atoms with E-state index in [1.54, 1.807) is 17.1 Å². The summed E-state index contributed by atoms with van der Waals surface area (Å²) in [5.74, 6) is 1.37. The van der Waals surface area contributed by atoms with Crippen molar-refractivity contribution in [2.45, 2.75) is 71.9 Å². The molecule has 4 heterocycles. The topological polar surface area (TPSA) is 80.9 Å². The zero-order valence-electron chi connectivity index (χ0n) is 23.0. The van der Waals surface area contributed by atoms with Crippen LogP contribution in [0.15, 0.2) is 47.5 Å². The summed E-state index contributed by atoms with van der Waals surface area (Å²) < 4.78 is 3.66. The van der Waals surface area contributed by atoms with E-state index in [0.29, 0.717) is 17.0 Å². The van der Waals surface area contributed by atoms with Crippen LogP contribution in [0, 0.1) is 5.92 Å². The highest BCUT2D eigenvalue weighted by molar-refractivity contribution is 5.77. The molecule has 4 aromatic rings. The van der Waals surface area contributed by atoms with Crippen LogP contribution in [0.5, 0.6) is 0 Å². The van der Waals surface area contributed by atoms with Gasteiger partial charge in [0.25, 0.3) is 5.56 Å². The molecule has 0 radical (unpaired) electrons. The van der Waals surface area contributed by atoms with E-state index < -0.39 is 0 Å². The Morgan fingerprint density at radius 2 is 1.89 bits per heavy atom. The highest BCUT2D eigenvalue weighted by atomic mass is 16.1. The predicted octanol–water partition coefficient (Wildman–Crippen LogP) is 5.37. The van der Waals surface area contributed by atoms with Gasteiger partial charge in [-0.3, -0.25) is 14.7 Å². The number of rotatable bonds is 6. The van der Waals surface area contributed by atoms with Crippen LogP contribution < -0.4 is 10.9 Å². The lowest BCUT2D eigenvalue weighted by Crippen LogP contribution is -2.32. The van der Waals surface area contributed by atoms with Crippen LogP contribution in [0.1, 0.15) is 70.3 Å². The van der Waals surface area contributed by atoms with Crippen LogP contribution in [-0.2, 0) is 18.4 Å².